The molecule has 1 aliphatic heterocycles. The van der Waals surface area contributed by atoms with Gasteiger partial charge in [-0.2, -0.15) is 0 Å². The highest BCUT2D eigenvalue weighted by Crippen LogP contribution is 2.17. The van der Waals surface area contributed by atoms with Crippen LogP contribution in [0, 0.1) is 0 Å². The number of likely N-dealkylation sites (tertiary alicyclic amines) is 1. The zero-order valence-electron chi connectivity index (χ0n) is 27.9. The Hall–Kier alpha value is -5.91. The molecule has 0 aromatic carbocycles. The van der Waals surface area contributed by atoms with Gasteiger partial charge in [0.15, 0.2) is 0 Å². The molecule has 24 heteroatoms. The Labute approximate surface area is 294 Å². The predicted molar refractivity (Wildman–Crippen MR) is 170 cm³/mol. The summed E-state index contributed by atoms with van der Waals surface area (Å²) in [5.41, 5.74) is 10.5. The second kappa shape index (κ2) is 21.3. The minimum absolute atomic E-state index is 0.0932. The molecular formula is C28H43N9O15. The zero-order valence-corrected chi connectivity index (χ0v) is 27.9. The molecule has 0 saturated carbocycles. The fourth-order valence-electron chi connectivity index (χ4n) is 4.58. The molecule has 0 aromatic rings. The van der Waals surface area contributed by atoms with Gasteiger partial charge in [-0.15, -0.1) is 0 Å². The van der Waals surface area contributed by atoms with Crippen molar-refractivity contribution in [3.63, 3.8) is 0 Å². The summed E-state index contributed by atoms with van der Waals surface area (Å²) in [5, 5.41) is 49.6. The number of hydrogen-bond acceptors (Lipinski definition) is 13. The Bertz CT molecular complexity index is 1410. The minimum Gasteiger partial charge on any atom is -0.481 e. The van der Waals surface area contributed by atoms with E-state index in [2.05, 4.69) is 21.3 Å². The Morgan fingerprint density at radius 1 is 0.750 bits per heavy atom. The first-order valence-corrected chi connectivity index (χ1v) is 15.6. The number of aliphatic carboxylic acids is 3. The molecule has 8 amide bonds. The van der Waals surface area contributed by atoms with Crippen LogP contribution in [0.25, 0.3) is 0 Å². The molecule has 0 aromatic heterocycles. The van der Waals surface area contributed by atoms with Gasteiger partial charge in [0.05, 0.1) is 38.6 Å². The van der Waals surface area contributed by atoms with Gasteiger partial charge in [0.1, 0.15) is 30.2 Å². The molecule has 290 valence electrons. The number of hydrogen-bond donors (Lipinski definition) is 12. The highest BCUT2D eigenvalue weighted by atomic mass is 16.4. The van der Waals surface area contributed by atoms with Crippen molar-refractivity contribution < 1.29 is 73.2 Å². The van der Waals surface area contributed by atoms with E-state index in [1.807, 2.05) is 10.6 Å². The van der Waals surface area contributed by atoms with E-state index < -0.39 is 134 Å². The van der Waals surface area contributed by atoms with Crippen molar-refractivity contribution in [2.75, 3.05) is 26.2 Å². The van der Waals surface area contributed by atoms with Crippen molar-refractivity contribution in [2.24, 2.45) is 11.5 Å². The lowest BCUT2D eigenvalue weighted by Crippen LogP contribution is -2.59. The summed E-state index contributed by atoms with van der Waals surface area (Å²) in [6.45, 7) is -0.929. The first kappa shape index (κ1) is 44.1. The van der Waals surface area contributed by atoms with Crippen molar-refractivity contribution in [2.45, 2.75) is 81.7 Å². The van der Waals surface area contributed by atoms with Crippen LogP contribution in [-0.4, -0.2) is 153 Å². The third-order valence-electron chi connectivity index (χ3n) is 7.34. The monoisotopic (exact) mass is 745 g/mol. The summed E-state index contributed by atoms with van der Waals surface area (Å²) in [4.78, 5) is 133. The number of carboxylic acids is 3. The Morgan fingerprint density at radius 3 is 1.92 bits per heavy atom. The van der Waals surface area contributed by atoms with Crippen LogP contribution < -0.4 is 43.4 Å². The Balaban J connectivity index is 2.75. The van der Waals surface area contributed by atoms with Crippen LogP contribution in [0.2, 0.25) is 0 Å². The third-order valence-corrected chi connectivity index (χ3v) is 7.34. The van der Waals surface area contributed by atoms with Crippen LogP contribution in [0.15, 0.2) is 0 Å². The molecule has 1 aliphatic rings. The summed E-state index contributed by atoms with van der Waals surface area (Å²) in [5.74, 6) is -12.2. The van der Waals surface area contributed by atoms with Gasteiger partial charge in [0, 0.05) is 13.0 Å². The maximum absolute atomic E-state index is 13.0. The average Bonchev–Trinajstić information content (AvgIpc) is 3.56. The van der Waals surface area contributed by atoms with Gasteiger partial charge in [-0.25, -0.2) is 4.79 Å². The number of aliphatic hydroxyl groups is 1. The lowest BCUT2D eigenvalue weighted by molar-refractivity contribution is -0.145. The van der Waals surface area contributed by atoms with E-state index in [9.17, 15) is 63.0 Å². The fourth-order valence-corrected chi connectivity index (χ4v) is 4.58. The van der Waals surface area contributed by atoms with Crippen molar-refractivity contribution in [3.8, 4) is 0 Å². The van der Waals surface area contributed by atoms with Crippen molar-refractivity contribution in [3.05, 3.63) is 0 Å². The van der Waals surface area contributed by atoms with Crippen molar-refractivity contribution in [1.82, 2.24) is 36.8 Å². The zero-order chi connectivity index (χ0) is 39.7. The van der Waals surface area contributed by atoms with Gasteiger partial charge < -0.3 is 68.7 Å². The Kier molecular flexibility index (Phi) is 18.1. The quantitative estimate of drug-likeness (QED) is 0.0490. The Morgan fingerprint density at radius 2 is 1.37 bits per heavy atom. The van der Waals surface area contributed by atoms with Crippen molar-refractivity contribution in [1.29, 1.82) is 0 Å². The van der Waals surface area contributed by atoms with Crippen LogP contribution in [0.1, 0.15) is 45.4 Å². The molecule has 0 unspecified atom stereocenters. The summed E-state index contributed by atoms with van der Waals surface area (Å²) < 4.78 is 0. The number of carbonyl (C=O) groups excluding carboxylic acids is 8. The van der Waals surface area contributed by atoms with Crippen LogP contribution in [0.3, 0.4) is 0 Å². The number of carboxylic acid groups (broad SMARTS) is 3. The van der Waals surface area contributed by atoms with E-state index in [4.69, 9.17) is 21.7 Å². The van der Waals surface area contributed by atoms with Gasteiger partial charge in [-0.3, -0.25) is 47.9 Å². The molecule has 0 aliphatic carbocycles. The van der Waals surface area contributed by atoms with Gasteiger partial charge in [-0.1, -0.05) is 0 Å². The minimum atomic E-state index is -1.87. The standard InChI is InChI=1S/C28H43N9O15/c1-12(23(46)34-14(8-22(44)45)25(48)35-15(28(51)52)7-18(30)39)33-26(49)16(11-38)36-27(50)17-3-2-6-37(17)20(41)10-31-19(40)9-32-24(47)13(29)4-5-21(42)43/h12-17,38H,2-11,29H2,1H3,(H2,30,39)(H,31,40)(H,32,47)(H,33,49)(H,34,46)(H,35,48)(H,36,50)(H,42,43)(H,44,45)(H,51,52)/t12-,13-,14-,15-,16-,17-/m0/s1. The normalized spacial score (nSPS) is 16.4. The average molecular weight is 746 g/mol. The van der Waals surface area contributed by atoms with Crippen LogP contribution in [0.5, 0.6) is 0 Å². The van der Waals surface area contributed by atoms with E-state index in [-0.39, 0.29) is 25.8 Å². The van der Waals surface area contributed by atoms with Gasteiger partial charge in [0.25, 0.3) is 0 Å². The van der Waals surface area contributed by atoms with E-state index in [1.54, 1.807) is 0 Å². The lowest BCUT2D eigenvalue weighted by atomic mass is 10.1. The highest BCUT2D eigenvalue weighted by molar-refractivity contribution is 5.98. The number of carbonyl (C=O) groups is 11. The van der Waals surface area contributed by atoms with Gasteiger partial charge >= 0.3 is 17.9 Å². The molecule has 1 heterocycles. The van der Waals surface area contributed by atoms with Crippen LogP contribution in [0.4, 0.5) is 0 Å². The molecule has 1 saturated heterocycles. The molecule has 0 bridgehead atoms. The first-order valence-electron chi connectivity index (χ1n) is 15.6. The summed E-state index contributed by atoms with van der Waals surface area (Å²) in [6.07, 6.45) is -1.89. The topological polar surface area (TPSA) is 396 Å². The molecular weight excluding hydrogens is 702 g/mol. The highest BCUT2D eigenvalue weighted by Gasteiger charge is 2.36. The molecule has 52 heavy (non-hydrogen) atoms. The van der Waals surface area contributed by atoms with E-state index in [0.29, 0.717) is 6.42 Å². The first-order chi connectivity index (χ1) is 24.3. The molecule has 0 spiro atoms. The maximum atomic E-state index is 13.0. The molecule has 14 N–H and O–H groups in total. The number of aliphatic hydroxyl groups excluding tert-OH is 1. The predicted octanol–water partition coefficient (Wildman–Crippen LogP) is -7.21. The molecule has 6 atom stereocenters. The number of primary amides is 1. The van der Waals surface area contributed by atoms with E-state index in [0.717, 1.165) is 11.8 Å². The molecule has 1 fully saturated rings. The number of nitrogens with two attached hydrogens (primary N) is 2. The summed E-state index contributed by atoms with van der Waals surface area (Å²) in [7, 11) is 0. The van der Waals surface area contributed by atoms with E-state index in [1.165, 1.54) is 0 Å². The number of rotatable bonds is 22. The van der Waals surface area contributed by atoms with Gasteiger partial charge in [-0.05, 0) is 26.2 Å². The lowest BCUT2D eigenvalue weighted by Gasteiger charge is -2.26. The smallest absolute Gasteiger partial charge is 0.326 e. The molecule has 0 radical (unpaired) electrons. The number of amides is 8. The SMILES string of the molecule is C[C@H](NC(=O)[C@H](CO)NC(=O)[C@@H]1CCCN1C(=O)CNC(=O)CNC(=O)[C@@H](N)CCC(=O)O)C(=O)N[C@@H](CC(=O)O)C(=O)N[C@@H](CC(N)=O)C(=O)O. The van der Waals surface area contributed by atoms with Crippen LogP contribution >= 0.6 is 0 Å². The largest absolute Gasteiger partial charge is 0.481 e. The fraction of sp³-hybridized carbons (Fsp3) is 0.607. The molecule has 1 rings (SSSR count). The van der Waals surface area contributed by atoms with E-state index >= 15 is 0 Å². The summed E-state index contributed by atoms with van der Waals surface area (Å²) >= 11 is 0. The second-order valence-corrected chi connectivity index (χ2v) is 11.5. The number of nitrogens with zero attached hydrogens (tertiary/aromatic N) is 1. The second-order valence-electron chi connectivity index (χ2n) is 11.5. The summed E-state index contributed by atoms with van der Waals surface area (Å²) in [6, 6.07) is -9.17. The van der Waals surface area contributed by atoms with Gasteiger partial charge in [0.2, 0.25) is 47.3 Å². The number of nitrogens with one attached hydrogen (secondary N) is 6. The maximum Gasteiger partial charge on any atom is 0.326 e. The van der Waals surface area contributed by atoms with Crippen LogP contribution in [-0.2, 0) is 52.7 Å². The molecule has 24 nitrogen and oxygen atoms in total. The third kappa shape index (κ3) is 15.3. The van der Waals surface area contributed by atoms with Crippen molar-refractivity contribution >= 4 is 65.2 Å².